The molecule has 0 radical (unpaired) electrons. The van der Waals surface area contributed by atoms with Crippen LogP contribution in [0.1, 0.15) is 5.56 Å². The first kappa shape index (κ1) is 16.1. The maximum Gasteiger partial charge on any atom is 0.234 e. The number of carbonyl (C=O) groups is 1. The molecule has 0 fully saturated rings. The van der Waals surface area contributed by atoms with Crippen LogP contribution in [0.3, 0.4) is 0 Å². The van der Waals surface area contributed by atoms with Crippen LogP contribution < -0.4 is 5.32 Å². The Morgan fingerprint density at radius 1 is 1.30 bits per heavy atom. The van der Waals surface area contributed by atoms with Crippen LogP contribution >= 0.6 is 35.0 Å². The molecule has 0 spiro atoms. The predicted octanol–water partition coefficient (Wildman–Crippen LogP) is 4.30. The number of rotatable bonds is 4. The molecule has 0 aliphatic heterocycles. The van der Waals surface area contributed by atoms with Gasteiger partial charge in [-0.25, -0.2) is 9.97 Å². The molecule has 0 atom stereocenters. The monoisotopic (exact) mass is 366 g/mol. The van der Waals surface area contributed by atoms with Crippen molar-refractivity contribution in [2.75, 3.05) is 11.1 Å². The standard InChI is InChI=1S/C15H12Cl2N4OS/c1-8-2-3-9(16)4-11(8)19-13(22)7-23-15-20-12-5-10(17)6-18-14(12)21-15/h2-6H,7H2,1H3,(H,19,22)(H,18,20,21). The molecule has 5 nitrogen and oxygen atoms in total. The number of pyridine rings is 1. The van der Waals surface area contributed by atoms with Gasteiger partial charge < -0.3 is 10.3 Å². The number of hydrogen-bond acceptors (Lipinski definition) is 4. The number of benzene rings is 1. The van der Waals surface area contributed by atoms with Crippen molar-refractivity contribution in [1.29, 1.82) is 0 Å². The van der Waals surface area contributed by atoms with E-state index >= 15 is 0 Å². The van der Waals surface area contributed by atoms with E-state index in [0.29, 0.717) is 26.5 Å². The number of amides is 1. The summed E-state index contributed by atoms with van der Waals surface area (Å²) in [5.41, 5.74) is 2.98. The van der Waals surface area contributed by atoms with Crippen molar-refractivity contribution in [2.45, 2.75) is 12.1 Å². The van der Waals surface area contributed by atoms with E-state index in [9.17, 15) is 4.79 Å². The molecule has 0 bridgehead atoms. The summed E-state index contributed by atoms with van der Waals surface area (Å²) in [6.45, 7) is 1.91. The lowest BCUT2D eigenvalue weighted by atomic mass is 10.2. The van der Waals surface area contributed by atoms with Gasteiger partial charge in [-0.3, -0.25) is 4.79 Å². The first-order valence-electron chi connectivity index (χ1n) is 6.71. The quantitative estimate of drug-likeness (QED) is 0.675. The van der Waals surface area contributed by atoms with Crippen molar-refractivity contribution in [1.82, 2.24) is 15.0 Å². The zero-order valence-electron chi connectivity index (χ0n) is 12.1. The average Bonchev–Trinajstić information content (AvgIpc) is 2.91. The van der Waals surface area contributed by atoms with Crippen LogP contribution in [0.4, 0.5) is 5.69 Å². The van der Waals surface area contributed by atoms with Crippen molar-refractivity contribution in [2.24, 2.45) is 0 Å². The van der Waals surface area contributed by atoms with Crippen LogP contribution in [0.2, 0.25) is 10.0 Å². The van der Waals surface area contributed by atoms with Gasteiger partial charge in [-0.1, -0.05) is 41.0 Å². The van der Waals surface area contributed by atoms with Gasteiger partial charge in [0, 0.05) is 16.9 Å². The Balaban J connectivity index is 1.64. The number of imidazole rings is 1. The molecule has 118 valence electrons. The molecule has 1 amide bonds. The fourth-order valence-corrected chi connectivity index (χ4v) is 2.97. The zero-order chi connectivity index (χ0) is 16.4. The summed E-state index contributed by atoms with van der Waals surface area (Å²) in [7, 11) is 0. The van der Waals surface area contributed by atoms with E-state index in [2.05, 4.69) is 20.3 Å². The van der Waals surface area contributed by atoms with Crippen LogP contribution in [0.15, 0.2) is 35.6 Å². The van der Waals surface area contributed by atoms with E-state index < -0.39 is 0 Å². The van der Waals surface area contributed by atoms with Crippen LogP contribution in [0.25, 0.3) is 11.2 Å². The summed E-state index contributed by atoms with van der Waals surface area (Å²) in [4.78, 5) is 23.6. The third-order valence-corrected chi connectivity index (χ3v) is 4.41. The lowest BCUT2D eigenvalue weighted by molar-refractivity contribution is -0.113. The largest absolute Gasteiger partial charge is 0.331 e. The van der Waals surface area contributed by atoms with Gasteiger partial charge in [-0.05, 0) is 30.7 Å². The predicted molar refractivity (Wildman–Crippen MR) is 94.4 cm³/mol. The molecule has 0 unspecified atom stereocenters. The molecular weight excluding hydrogens is 355 g/mol. The molecule has 0 aliphatic carbocycles. The van der Waals surface area contributed by atoms with E-state index in [4.69, 9.17) is 23.2 Å². The minimum Gasteiger partial charge on any atom is -0.331 e. The van der Waals surface area contributed by atoms with E-state index in [-0.39, 0.29) is 11.7 Å². The smallest absolute Gasteiger partial charge is 0.234 e. The van der Waals surface area contributed by atoms with Gasteiger partial charge in [0.25, 0.3) is 0 Å². The van der Waals surface area contributed by atoms with E-state index in [1.165, 1.54) is 18.0 Å². The zero-order valence-corrected chi connectivity index (χ0v) is 14.4. The van der Waals surface area contributed by atoms with Crippen LogP contribution in [0, 0.1) is 6.92 Å². The van der Waals surface area contributed by atoms with Gasteiger partial charge in [0.05, 0.1) is 16.3 Å². The minimum absolute atomic E-state index is 0.133. The number of anilines is 1. The third kappa shape index (κ3) is 3.96. The maximum absolute atomic E-state index is 12.1. The van der Waals surface area contributed by atoms with Gasteiger partial charge in [0.15, 0.2) is 10.8 Å². The van der Waals surface area contributed by atoms with Crippen molar-refractivity contribution < 1.29 is 4.79 Å². The number of carbonyl (C=O) groups excluding carboxylic acids is 1. The highest BCUT2D eigenvalue weighted by atomic mass is 35.5. The fraction of sp³-hybridized carbons (Fsp3) is 0.133. The lowest BCUT2D eigenvalue weighted by Crippen LogP contribution is -2.14. The number of nitrogens with zero attached hydrogens (tertiary/aromatic N) is 2. The number of thioether (sulfide) groups is 1. The fourth-order valence-electron chi connectivity index (χ4n) is 1.97. The summed E-state index contributed by atoms with van der Waals surface area (Å²) >= 11 is 13.1. The number of aryl methyl sites for hydroxylation is 1. The summed E-state index contributed by atoms with van der Waals surface area (Å²) in [6, 6.07) is 7.12. The topological polar surface area (TPSA) is 70.7 Å². The Hall–Kier alpha value is -1.76. The summed E-state index contributed by atoms with van der Waals surface area (Å²) in [5, 5.41) is 4.58. The summed E-state index contributed by atoms with van der Waals surface area (Å²) in [5.74, 6) is 0.0892. The Morgan fingerprint density at radius 2 is 2.13 bits per heavy atom. The second kappa shape index (κ2) is 6.78. The third-order valence-electron chi connectivity index (χ3n) is 3.10. The Labute approximate surface area is 146 Å². The molecule has 3 aromatic rings. The number of aromatic nitrogens is 3. The molecule has 1 aromatic carbocycles. The molecule has 3 rings (SSSR count). The summed E-state index contributed by atoms with van der Waals surface area (Å²) < 4.78 is 0. The minimum atomic E-state index is -0.133. The highest BCUT2D eigenvalue weighted by Gasteiger charge is 2.10. The maximum atomic E-state index is 12.1. The molecule has 8 heteroatoms. The number of fused-ring (bicyclic) bond motifs is 1. The van der Waals surface area contributed by atoms with Crippen LogP contribution in [-0.2, 0) is 4.79 Å². The van der Waals surface area contributed by atoms with Crippen molar-refractivity contribution in [3.8, 4) is 0 Å². The van der Waals surface area contributed by atoms with Gasteiger partial charge in [0.1, 0.15) is 0 Å². The average molecular weight is 367 g/mol. The normalized spacial score (nSPS) is 10.9. The second-order valence-electron chi connectivity index (χ2n) is 4.86. The number of H-pyrrole nitrogens is 1. The number of nitrogens with one attached hydrogen (secondary N) is 2. The van der Waals surface area contributed by atoms with Crippen LogP contribution in [-0.4, -0.2) is 26.6 Å². The lowest BCUT2D eigenvalue weighted by Gasteiger charge is -2.08. The molecule has 2 heterocycles. The van der Waals surface area contributed by atoms with E-state index in [1.807, 2.05) is 13.0 Å². The van der Waals surface area contributed by atoms with Gasteiger partial charge in [-0.2, -0.15) is 0 Å². The van der Waals surface area contributed by atoms with Gasteiger partial charge in [0.2, 0.25) is 5.91 Å². The van der Waals surface area contributed by atoms with E-state index in [0.717, 1.165) is 11.1 Å². The van der Waals surface area contributed by atoms with Crippen molar-refractivity contribution in [3.05, 3.63) is 46.1 Å². The van der Waals surface area contributed by atoms with Crippen molar-refractivity contribution in [3.63, 3.8) is 0 Å². The molecular formula is C15H12Cl2N4OS. The molecule has 2 N–H and O–H groups in total. The van der Waals surface area contributed by atoms with E-state index in [1.54, 1.807) is 18.2 Å². The van der Waals surface area contributed by atoms with Crippen molar-refractivity contribution >= 4 is 57.7 Å². The Morgan fingerprint density at radius 3 is 2.96 bits per heavy atom. The SMILES string of the molecule is Cc1ccc(Cl)cc1NC(=O)CSc1nc2ncc(Cl)cc2[nH]1. The number of hydrogen-bond donors (Lipinski definition) is 2. The van der Waals surface area contributed by atoms with Crippen LogP contribution in [0.5, 0.6) is 0 Å². The molecule has 0 aliphatic rings. The number of halogens is 2. The molecule has 0 saturated carbocycles. The van der Waals surface area contributed by atoms with Gasteiger partial charge in [-0.15, -0.1) is 0 Å². The Bertz CT molecular complexity index is 881. The Kier molecular flexibility index (Phi) is 4.75. The molecule has 23 heavy (non-hydrogen) atoms. The molecule has 0 saturated heterocycles. The summed E-state index contributed by atoms with van der Waals surface area (Å²) in [6.07, 6.45) is 1.54. The molecule has 2 aromatic heterocycles. The first-order chi connectivity index (χ1) is 11.0. The highest BCUT2D eigenvalue weighted by Crippen LogP contribution is 2.22. The van der Waals surface area contributed by atoms with Gasteiger partial charge >= 0.3 is 0 Å². The second-order valence-corrected chi connectivity index (χ2v) is 6.70. The first-order valence-corrected chi connectivity index (χ1v) is 8.45. The highest BCUT2D eigenvalue weighted by molar-refractivity contribution is 7.99. The number of aromatic amines is 1.